The molecule has 0 unspecified atom stereocenters. The summed E-state index contributed by atoms with van der Waals surface area (Å²) in [5.74, 6) is 0.868. The topological polar surface area (TPSA) is 129 Å². The summed E-state index contributed by atoms with van der Waals surface area (Å²) < 4.78 is 6.51. The standard InChI is InChI=1S/C24H22N8O3S/c1-14(2)19-13-36-24(26-19)27-22(33)16-8-9-31-20(10-16)25-11-18(23(31)34)21-28-30-32(29-21)12-15-4-6-17(35-3)7-5-15/h4-11,13-14H,12H2,1-3H3,(H,26,27,33). The van der Waals surface area contributed by atoms with Crippen LogP contribution in [0.3, 0.4) is 0 Å². The van der Waals surface area contributed by atoms with E-state index < -0.39 is 0 Å². The van der Waals surface area contributed by atoms with Gasteiger partial charge in [0.25, 0.3) is 11.5 Å². The maximum atomic E-state index is 13.1. The molecule has 1 N–H and O–H groups in total. The van der Waals surface area contributed by atoms with Crippen LogP contribution < -0.4 is 15.6 Å². The van der Waals surface area contributed by atoms with Gasteiger partial charge in [-0.15, -0.1) is 21.5 Å². The summed E-state index contributed by atoms with van der Waals surface area (Å²) in [7, 11) is 1.61. The van der Waals surface area contributed by atoms with E-state index in [-0.39, 0.29) is 28.8 Å². The van der Waals surface area contributed by atoms with Gasteiger partial charge in [-0.3, -0.25) is 19.3 Å². The molecule has 4 aromatic heterocycles. The summed E-state index contributed by atoms with van der Waals surface area (Å²) in [6, 6.07) is 10.6. The van der Waals surface area contributed by atoms with Gasteiger partial charge < -0.3 is 4.74 Å². The number of thiazole rings is 1. The van der Waals surface area contributed by atoms with Crippen molar-refractivity contribution in [3.8, 4) is 17.1 Å². The second kappa shape index (κ2) is 9.66. The lowest BCUT2D eigenvalue weighted by molar-refractivity contribution is 0.102. The van der Waals surface area contributed by atoms with Crippen molar-refractivity contribution in [1.29, 1.82) is 0 Å². The van der Waals surface area contributed by atoms with Crippen LogP contribution in [0.5, 0.6) is 5.75 Å². The SMILES string of the molecule is COc1ccc(Cn2nnc(-c3cnc4cc(C(=O)Nc5nc(C(C)C)cs5)ccn4c3=O)n2)cc1. The molecule has 182 valence electrons. The van der Waals surface area contributed by atoms with E-state index in [1.54, 1.807) is 19.2 Å². The molecule has 5 rings (SSSR count). The van der Waals surface area contributed by atoms with Gasteiger partial charge in [0.2, 0.25) is 5.82 Å². The molecule has 1 aromatic carbocycles. The van der Waals surface area contributed by atoms with Gasteiger partial charge in [0.15, 0.2) is 5.13 Å². The molecule has 36 heavy (non-hydrogen) atoms. The second-order valence-electron chi connectivity index (χ2n) is 8.30. The Morgan fingerprint density at radius 3 is 2.72 bits per heavy atom. The van der Waals surface area contributed by atoms with Crippen LogP contribution in [0, 0.1) is 0 Å². The first-order chi connectivity index (χ1) is 17.4. The van der Waals surface area contributed by atoms with E-state index in [1.807, 2.05) is 43.5 Å². The lowest BCUT2D eigenvalue weighted by Crippen LogP contribution is -2.19. The first-order valence-corrected chi connectivity index (χ1v) is 12.0. The fourth-order valence-electron chi connectivity index (χ4n) is 3.46. The predicted octanol–water partition coefficient (Wildman–Crippen LogP) is 3.24. The Labute approximate surface area is 209 Å². The first kappa shape index (κ1) is 23.3. The molecular weight excluding hydrogens is 480 g/mol. The number of hydrogen-bond acceptors (Lipinski definition) is 9. The predicted molar refractivity (Wildman–Crippen MR) is 135 cm³/mol. The highest BCUT2D eigenvalue weighted by atomic mass is 32.1. The molecule has 1 amide bonds. The summed E-state index contributed by atoms with van der Waals surface area (Å²) in [6.07, 6.45) is 2.90. The van der Waals surface area contributed by atoms with Crippen molar-refractivity contribution in [3.63, 3.8) is 0 Å². The molecule has 12 heteroatoms. The molecule has 5 aromatic rings. The monoisotopic (exact) mass is 502 g/mol. The number of rotatable bonds is 7. The fraction of sp³-hybridized carbons (Fsp3) is 0.208. The van der Waals surface area contributed by atoms with E-state index in [0.29, 0.717) is 22.9 Å². The smallest absolute Gasteiger partial charge is 0.269 e. The summed E-state index contributed by atoms with van der Waals surface area (Å²) in [5.41, 5.74) is 2.40. The number of amides is 1. The van der Waals surface area contributed by atoms with E-state index in [4.69, 9.17) is 4.74 Å². The van der Waals surface area contributed by atoms with Gasteiger partial charge in [0.05, 0.1) is 19.3 Å². The lowest BCUT2D eigenvalue weighted by atomic mass is 10.2. The number of methoxy groups -OCH3 is 1. The number of nitrogens with zero attached hydrogens (tertiary/aromatic N) is 7. The van der Waals surface area contributed by atoms with Gasteiger partial charge >= 0.3 is 0 Å². The van der Waals surface area contributed by atoms with Crippen LogP contribution in [0.2, 0.25) is 0 Å². The van der Waals surface area contributed by atoms with Crippen molar-refractivity contribution >= 4 is 28.0 Å². The number of hydrogen-bond donors (Lipinski definition) is 1. The van der Waals surface area contributed by atoms with Crippen LogP contribution in [-0.2, 0) is 6.54 Å². The largest absolute Gasteiger partial charge is 0.497 e. The molecule has 0 fully saturated rings. The number of carbonyl (C=O) groups is 1. The van der Waals surface area contributed by atoms with Crippen LogP contribution in [0.25, 0.3) is 17.0 Å². The molecule has 4 heterocycles. The van der Waals surface area contributed by atoms with Crippen molar-refractivity contribution < 1.29 is 9.53 Å². The summed E-state index contributed by atoms with van der Waals surface area (Å²) >= 11 is 1.37. The van der Waals surface area contributed by atoms with Gasteiger partial charge in [-0.05, 0) is 41.0 Å². The van der Waals surface area contributed by atoms with Crippen LogP contribution in [0.4, 0.5) is 5.13 Å². The van der Waals surface area contributed by atoms with Crippen LogP contribution in [-0.4, -0.2) is 47.6 Å². The Hall–Kier alpha value is -4.45. The molecule has 0 saturated carbocycles. The van der Waals surface area contributed by atoms with Crippen LogP contribution in [0.15, 0.2) is 59.0 Å². The minimum Gasteiger partial charge on any atom is -0.497 e. The maximum Gasteiger partial charge on any atom is 0.269 e. The lowest BCUT2D eigenvalue weighted by Gasteiger charge is -2.05. The molecule has 11 nitrogen and oxygen atoms in total. The van der Waals surface area contributed by atoms with Crippen molar-refractivity contribution in [3.05, 3.63) is 81.3 Å². The number of fused-ring (bicyclic) bond motifs is 1. The number of benzene rings is 1. The van der Waals surface area contributed by atoms with E-state index in [1.165, 1.54) is 32.9 Å². The van der Waals surface area contributed by atoms with Crippen molar-refractivity contribution in [2.24, 2.45) is 0 Å². The van der Waals surface area contributed by atoms with Crippen LogP contribution >= 0.6 is 11.3 Å². The number of aromatic nitrogens is 7. The van der Waals surface area contributed by atoms with E-state index in [0.717, 1.165) is 17.0 Å². The molecule has 0 spiro atoms. The van der Waals surface area contributed by atoms with E-state index in [9.17, 15) is 9.59 Å². The first-order valence-electron chi connectivity index (χ1n) is 11.1. The van der Waals surface area contributed by atoms with Crippen molar-refractivity contribution in [2.45, 2.75) is 26.3 Å². The van der Waals surface area contributed by atoms with Gasteiger partial charge in [-0.25, -0.2) is 9.97 Å². The zero-order valence-electron chi connectivity index (χ0n) is 19.7. The molecular formula is C24H22N8O3S. The van der Waals surface area contributed by atoms with Crippen LogP contribution in [0.1, 0.15) is 41.4 Å². The highest BCUT2D eigenvalue weighted by Crippen LogP contribution is 2.22. The van der Waals surface area contributed by atoms with E-state index >= 15 is 0 Å². The van der Waals surface area contributed by atoms with Gasteiger partial charge in [0, 0.05) is 23.3 Å². The van der Waals surface area contributed by atoms with Gasteiger partial charge in [-0.2, -0.15) is 4.80 Å². The molecule has 0 radical (unpaired) electrons. The quantitative estimate of drug-likeness (QED) is 0.359. The minimum atomic E-state index is -0.363. The zero-order valence-corrected chi connectivity index (χ0v) is 20.6. The molecule has 0 aliphatic rings. The van der Waals surface area contributed by atoms with Gasteiger partial charge in [0.1, 0.15) is 17.0 Å². The fourth-order valence-corrected chi connectivity index (χ4v) is 4.33. The highest BCUT2D eigenvalue weighted by Gasteiger charge is 2.16. The number of anilines is 1. The highest BCUT2D eigenvalue weighted by molar-refractivity contribution is 7.14. The Morgan fingerprint density at radius 2 is 2.00 bits per heavy atom. The zero-order chi connectivity index (χ0) is 25.2. The molecule has 0 bridgehead atoms. The summed E-state index contributed by atoms with van der Waals surface area (Å²) in [4.78, 5) is 36.0. The average molecular weight is 503 g/mol. The molecule has 0 atom stereocenters. The maximum absolute atomic E-state index is 13.1. The Balaban J connectivity index is 1.35. The summed E-state index contributed by atoms with van der Waals surface area (Å²) in [6.45, 7) is 4.47. The van der Waals surface area contributed by atoms with E-state index in [2.05, 4.69) is 30.7 Å². The third kappa shape index (κ3) is 4.70. The number of carbonyl (C=O) groups excluding carboxylic acids is 1. The number of tetrazole rings is 1. The number of pyridine rings is 1. The third-order valence-electron chi connectivity index (χ3n) is 5.48. The Bertz CT molecular complexity index is 1600. The average Bonchev–Trinajstić information content (AvgIpc) is 3.54. The Kier molecular flexibility index (Phi) is 6.25. The van der Waals surface area contributed by atoms with Gasteiger partial charge in [-0.1, -0.05) is 26.0 Å². The second-order valence-corrected chi connectivity index (χ2v) is 9.16. The normalized spacial score (nSPS) is 11.2. The molecule has 0 saturated heterocycles. The Morgan fingerprint density at radius 1 is 1.19 bits per heavy atom. The van der Waals surface area contributed by atoms with Crippen molar-refractivity contribution in [1.82, 2.24) is 34.6 Å². The van der Waals surface area contributed by atoms with Crippen molar-refractivity contribution in [2.75, 3.05) is 12.4 Å². The number of nitrogens with one attached hydrogen (secondary N) is 1. The molecule has 0 aliphatic heterocycles. The third-order valence-corrected chi connectivity index (χ3v) is 6.26. The summed E-state index contributed by atoms with van der Waals surface area (Å²) in [5, 5.41) is 17.6. The molecule has 0 aliphatic carbocycles. The number of ether oxygens (including phenoxy) is 1. The minimum absolute atomic E-state index is 0.168.